The van der Waals surface area contributed by atoms with Crippen LogP contribution in [0.5, 0.6) is 5.75 Å². The standard InChI is InChI=1S/C12H13FN2O3/c1-2-5-17-10-4-3-8(6-9(10)13)12-15-14-11(16)7-18-12/h3-4,6H,2,5,7H2,1H3,(H,14,16). The van der Waals surface area contributed by atoms with Gasteiger partial charge in [-0.05, 0) is 24.6 Å². The van der Waals surface area contributed by atoms with E-state index in [-0.39, 0.29) is 24.2 Å². The maximum absolute atomic E-state index is 13.7. The van der Waals surface area contributed by atoms with Crippen LogP contribution in [0.25, 0.3) is 0 Å². The molecule has 0 aliphatic carbocycles. The van der Waals surface area contributed by atoms with E-state index in [1.807, 2.05) is 6.92 Å². The predicted molar refractivity (Wildman–Crippen MR) is 62.8 cm³/mol. The minimum atomic E-state index is -0.482. The van der Waals surface area contributed by atoms with Crippen molar-refractivity contribution < 1.29 is 18.7 Å². The van der Waals surface area contributed by atoms with Crippen LogP contribution in [0, 0.1) is 5.82 Å². The second-order valence-corrected chi connectivity index (χ2v) is 3.73. The molecule has 96 valence electrons. The fraction of sp³-hybridized carbons (Fsp3) is 0.333. The van der Waals surface area contributed by atoms with E-state index in [9.17, 15) is 9.18 Å². The first-order chi connectivity index (χ1) is 8.70. The van der Waals surface area contributed by atoms with Crippen LogP contribution in [0.15, 0.2) is 23.3 Å². The third-order valence-electron chi connectivity index (χ3n) is 2.26. The lowest BCUT2D eigenvalue weighted by atomic mass is 10.2. The quantitative estimate of drug-likeness (QED) is 0.881. The number of hydrazone groups is 1. The average Bonchev–Trinajstić information content (AvgIpc) is 2.38. The fourth-order valence-corrected chi connectivity index (χ4v) is 1.42. The number of nitrogens with zero attached hydrogens (tertiary/aromatic N) is 1. The molecule has 0 bridgehead atoms. The topological polar surface area (TPSA) is 59.9 Å². The summed E-state index contributed by atoms with van der Waals surface area (Å²) in [5.74, 6) is -0.428. The number of nitrogens with one attached hydrogen (secondary N) is 1. The summed E-state index contributed by atoms with van der Waals surface area (Å²) in [6.45, 7) is 2.29. The molecule has 1 aliphatic heterocycles. The van der Waals surface area contributed by atoms with Gasteiger partial charge in [0.15, 0.2) is 18.2 Å². The van der Waals surface area contributed by atoms with Crippen LogP contribution in [-0.2, 0) is 9.53 Å². The average molecular weight is 252 g/mol. The van der Waals surface area contributed by atoms with Gasteiger partial charge in [-0.1, -0.05) is 6.92 Å². The van der Waals surface area contributed by atoms with Gasteiger partial charge in [-0.3, -0.25) is 4.79 Å². The Morgan fingerprint density at radius 3 is 3.00 bits per heavy atom. The summed E-state index contributed by atoms with van der Waals surface area (Å²) >= 11 is 0. The van der Waals surface area contributed by atoms with Crippen molar-refractivity contribution in [3.8, 4) is 5.75 Å². The van der Waals surface area contributed by atoms with Crippen LogP contribution >= 0.6 is 0 Å². The molecule has 1 N–H and O–H groups in total. The smallest absolute Gasteiger partial charge is 0.278 e. The van der Waals surface area contributed by atoms with Crippen molar-refractivity contribution in [3.05, 3.63) is 29.6 Å². The number of ether oxygens (including phenoxy) is 2. The lowest BCUT2D eigenvalue weighted by Crippen LogP contribution is -2.32. The molecule has 5 nitrogen and oxygen atoms in total. The van der Waals surface area contributed by atoms with E-state index in [2.05, 4.69) is 10.5 Å². The number of carbonyl (C=O) groups is 1. The van der Waals surface area contributed by atoms with Crippen molar-refractivity contribution in [3.63, 3.8) is 0 Å². The summed E-state index contributed by atoms with van der Waals surface area (Å²) in [6, 6.07) is 4.41. The molecule has 0 radical (unpaired) electrons. The van der Waals surface area contributed by atoms with Gasteiger partial charge in [-0.15, -0.1) is 5.10 Å². The molecule has 1 aromatic rings. The maximum Gasteiger partial charge on any atom is 0.278 e. The molecule has 6 heteroatoms. The van der Waals surface area contributed by atoms with Gasteiger partial charge in [-0.2, -0.15) is 0 Å². The molecule has 0 fully saturated rings. The lowest BCUT2D eigenvalue weighted by Gasteiger charge is -2.14. The van der Waals surface area contributed by atoms with Gasteiger partial charge in [0.1, 0.15) is 0 Å². The number of carbonyl (C=O) groups excluding carboxylic acids is 1. The summed E-state index contributed by atoms with van der Waals surface area (Å²) in [7, 11) is 0. The molecule has 0 aromatic heterocycles. The number of benzene rings is 1. The van der Waals surface area contributed by atoms with E-state index in [1.54, 1.807) is 6.07 Å². The van der Waals surface area contributed by atoms with Crippen LogP contribution in [0.1, 0.15) is 18.9 Å². The van der Waals surface area contributed by atoms with Gasteiger partial charge in [0, 0.05) is 5.56 Å². The third kappa shape index (κ3) is 2.77. The largest absolute Gasteiger partial charge is 0.491 e. The predicted octanol–water partition coefficient (Wildman–Crippen LogP) is 1.42. The minimum absolute atomic E-state index is 0.117. The van der Waals surface area contributed by atoms with Crippen molar-refractivity contribution in [2.45, 2.75) is 13.3 Å². The first-order valence-corrected chi connectivity index (χ1v) is 5.62. The Kier molecular flexibility index (Phi) is 3.76. The van der Waals surface area contributed by atoms with Crippen LogP contribution in [-0.4, -0.2) is 25.0 Å². The summed E-state index contributed by atoms with van der Waals surface area (Å²) in [4.78, 5) is 10.8. The molecule has 0 atom stereocenters. The highest BCUT2D eigenvalue weighted by Crippen LogP contribution is 2.19. The molecular formula is C12H13FN2O3. The van der Waals surface area contributed by atoms with Crippen LogP contribution in [0.4, 0.5) is 4.39 Å². The Balaban J connectivity index is 2.16. The highest BCUT2D eigenvalue weighted by molar-refractivity contribution is 5.98. The Bertz CT molecular complexity index is 488. The highest BCUT2D eigenvalue weighted by Gasteiger charge is 2.16. The van der Waals surface area contributed by atoms with E-state index < -0.39 is 5.82 Å². The molecular weight excluding hydrogens is 239 g/mol. The molecule has 0 spiro atoms. The normalized spacial score (nSPS) is 14.6. The van der Waals surface area contributed by atoms with Crippen molar-refractivity contribution in [1.29, 1.82) is 0 Å². The molecule has 1 amide bonds. The van der Waals surface area contributed by atoms with Crippen LogP contribution in [0.3, 0.4) is 0 Å². The fourth-order valence-electron chi connectivity index (χ4n) is 1.42. The van der Waals surface area contributed by atoms with Crippen molar-refractivity contribution in [2.24, 2.45) is 5.10 Å². The number of hydrogen-bond donors (Lipinski definition) is 1. The minimum Gasteiger partial charge on any atom is -0.491 e. The maximum atomic E-state index is 13.7. The highest BCUT2D eigenvalue weighted by atomic mass is 19.1. The second kappa shape index (κ2) is 5.48. The summed E-state index contributed by atoms with van der Waals surface area (Å²) in [5.41, 5.74) is 2.72. The molecule has 0 saturated carbocycles. The molecule has 0 saturated heterocycles. The Hall–Kier alpha value is -2.11. The molecule has 1 heterocycles. The lowest BCUT2D eigenvalue weighted by molar-refractivity contribution is -0.124. The van der Waals surface area contributed by atoms with E-state index in [0.29, 0.717) is 12.2 Å². The molecule has 1 aromatic carbocycles. The Labute approximate surface area is 104 Å². The Morgan fingerprint density at radius 1 is 1.56 bits per heavy atom. The van der Waals surface area contributed by atoms with E-state index in [0.717, 1.165) is 6.42 Å². The number of hydrogen-bond acceptors (Lipinski definition) is 4. The third-order valence-corrected chi connectivity index (χ3v) is 2.26. The zero-order valence-corrected chi connectivity index (χ0v) is 9.90. The summed E-state index contributed by atoms with van der Waals surface area (Å²) < 4.78 is 24.0. The SMILES string of the molecule is CCCOc1ccc(C2=NNC(=O)CO2)cc1F. The van der Waals surface area contributed by atoms with Gasteiger partial charge in [0.05, 0.1) is 6.61 Å². The zero-order valence-electron chi connectivity index (χ0n) is 9.90. The zero-order chi connectivity index (χ0) is 13.0. The number of rotatable bonds is 4. The molecule has 18 heavy (non-hydrogen) atoms. The monoisotopic (exact) mass is 252 g/mol. The Morgan fingerprint density at radius 2 is 2.39 bits per heavy atom. The van der Waals surface area contributed by atoms with Gasteiger partial charge in [0.25, 0.3) is 5.91 Å². The summed E-state index contributed by atoms with van der Waals surface area (Å²) in [6.07, 6.45) is 0.809. The number of amides is 1. The molecule has 0 unspecified atom stereocenters. The van der Waals surface area contributed by atoms with E-state index >= 15 is 0 Å². The molecule has 1 aliphatic rings. The van der Waals surface area contributed by atoms with Gasteiger partial charge in [0.2, 0.25) is 5.90 Å². The van der Waals surface area contributed by atoms with Gasteiger partial charge >= 0.3 is 0 Å². The van der Waals surface area contributed by atoms with Crippen LogP contribution < -0.4 is 10.2 Å². The van der Waals surface area contributed by atoms with Crippen molar-refractivity contribution in [1.82, 2.24) is 5.43 Å². The van der Waals surface area contributed by atoms with E-state index in [1.165, 1.54) is 12.1 Å². The first-order valence-electron chi connectivity index (χ1n) is 5.62. The van der Waals surface area contributed by atoms with Gasteiger partial charge in [-0.25, -0.2) is 9.82 Å². The molecule has 2 rings (SSSR count). The van der Waals surface area contributed by atoms with Crippen LogP contribution in [0.2, 0.25) is 0 Å². The van der Waals surface area contributed by atoms with Gasteiger partial charge < -0.3 is 9.47 Å². The van der Waals surface area contributed by atoms with E-state index in [4.69, 9.17) is 9.47 Å². The van der Waals surface area contributed by atoms with Crippen molar-refractivity contribution in [2.75, 3.05) is 13.2 Å². The van der Waals surface area contributed by atoms with Crippen molar-refractivity contribution >= 4 is 11.8 Å². The second-order valence-electron chi connectivity index (χ2n) is 3.73. The number of halogens is 1. The summed E-state index contributed by atoms with van der Waals surface area (Å²) in [5, 5.41) is 3.70. The first kappa shape index (κ1) is 12.3.